The van der Waals surface area contributed by atoms with Crippen LogP contribution in [0.3, 0.4) is 0 Å². The van der Waals surface area contributed by atoms with Gasteiger partial charge in [-0.2, -0.15) is 0 Å². The molecule has 0 atom stereocenters. The maximum absolute atomic E-state index is 11.9. The molecular formula is C20H26O3. The second-order valence-electron chi connectivity index (χ2n) is 5.86. The number of benzene rings is 2. The fourth-order valence-electron chi connectivity index (χ4n) is 2.62. The molecule has 3 heteroatoms. The van der Waals surface area contributed by atoms with Crippen LogP contribution in [0.4, 0.5) is 0 Å². The van der Waals surface area contributed by atoms with E-state index in [9.17, 15) is 4.79 Å². The molecule has 0 heterocycles. The van der Waals surface area contributed by atoms with Crippen molar-refractivity contribution < 1.29 is 14.3 Å². The number of rotatable bonds is 9. The van der Waals surface area contributed by atoms with Crippen LogP contribution in [0.25, 0.3) is 10.8 Å². The Morgan fingerprint density at radius 3 is 2.48 bits per heavy atom. The van der Waals surface area contributed by atoms with Crippen LogP contribution in [0.1, 0.15) is 44.6 Å². The summed E-state index contributed by atoms with van der Waals surface area (Å²) >= 11 is 0. The summed E-state index contributed by atoms with van der Waals surface area (Å²) in [6.45, 7) is 2.73. The van der Waals surface area contributed by atoms with Crippen molar-refractivity contribution in [1.29, 1.82) is 0 Å². The maximum atomic E-state index is 11.9. The van der Waals surface area contributed by atoms with Gasteiger partial charge in [0.1, 0.15) is 5.75 Å². The third kappa shape index (κ3) is 5.59. The van der Waals surface area contributed by atoms with Crippen LogP contribution in [0, 0.1) is 0 Å². The van der Waals surface area contributed by atoms with E-state index in [2.05, 4.69) is 6.92 Å². The number of methoxy groups -OCH3 is 1. The van der Waals surface area contributed by atoms with Crippen LogP contribution in [0.15, 0.2) is 36.4 Å². The first-order valence-electron chi connectivity index (χ1n) is 8.45. The van der Waals surface area contributed by atoms with E-state index in [0.717, 1.165) is 34.9 Å². The zero-order chi connectivity index (χ0) is 16.5. The van der Waals surface area contributed by atoms with Crippen LogP contribution in [0.5, 0.6) is 5.75 Å². The van der Waals surface area contributed by atoms with E-state index in [1.807, 2.05) is 36.4 Å². The first kappa shape index (κ1) is 17.3. The Kier molecular flexibility index (Phi) is 6.92. The maximum Gasteiger partial charge on any atom is 0.310 e. The lowest BCUT2D eigenvalue weighted by Crippen LogP contribution is -2.09. The molecule has 0 bridgehead atoms. The highest BCUT2D eigenvalue weighted by Crippen LogP contribution is 2.22. The van der Waals surface area contributed by atoms with E-state index in [-0.39, 0.29) is 5.97 Å². The Hall–Kier alpha value is -2.03. The number of hydrogen-bond acceptors (Lipinski definition) is 3. The molecule has 0 saturated carbocycles. The molecule has 0 N–H and O–H groups in total. The van der Waals surface area contributed by atoms with E-state index in [0.29, 0.717) is 13.0 Å². The van der Waals surface area contributed by atoms with Crippen molar-refractivity contribution in [2.24, 2.45) is 0 Å². The van der Waals surface area contributed by atoms with Gasteiger partial charge in [0.15, 0.2) is 0 Å². The molecule has 3 nitrogen and oxygen atoms in total. The molecule has 0 radical (unpaired) electrons. The summed E-state index contributed by atoms with van der Waals surface area (Å²) in [5.41, 5.74) is 0.985. The lowest BCUT2D eigenvalue weighted by molar-refractivity contribution is -0.142. The van der Waals surface area contributed by atoms with E-state index in [1.54, 1.807) is 7.11 Å². The van der Waals surface area contributed by atoms with Gasteiger partial charge < -0.3 is 9.47 Å². The van der Waals surface area contributed by atoms with Crippen LogP contribution in [-0.2, 0) is 16.0 Å². The zero-order valence-electron chi connectivity index (χ0n) is 14.1. The Morgan fingerprint density at radius 1 is 0.957 bits per heavy atom. The second-order valence-corrected chi connectivity index (χ2v) is 5.86. The molecule has 124 valence electrons. The Labute approximate surface area is 138 Å². The average Bonchev–Trinajstić information content (AvgIpc) is 2.57. The van der Waals surface area contributed by atoms with E-state index >= 15 is 0 Å². The molecule has 0 saturated heterocycles. The minimum absolute atomic E-state index is 0.145. The fraction of sp³-hybridized carbons (Fsp3) is 0.450. The summed E-state index contributed by atoms with van der Waals surface area (Å²) < 4.78 is 10.5. The quantitative estimate of drug-likeness (QED) is 0.487. The van der Waals surface area contributed by atoms with Gasteiger partial charge in [-0.25, -0.2) is 0 Å². The molecule has 0 amide bonds. The summed E-state index contributed by atoms with van der Waals surface area (Å²) in [7, 11) is 1.66. The Bertz CT molecular complexity index is 634. The van der Waals surface area contributed by atoms with Gasteiger partial charge in [0.25, 0.3) is 0 Å². The second kappa shape index (κ2) is 9.19. The third-order valence-electron chi connectivity index (χ3n) is 3.97. The minimum Gasteiger partial charge on any atom is -0.497 e. The zero-order valence-corrected chi connectivity index (χ0v) is 14.1. The number of fused-ring (bicyclic) bond motifs is 1. The lowest BCUT2D eigenvalue weighted by Gasteiger charge is -2.07. The molecule has 0 fully saturated rings. The lowest BCUT2D eigenvalue weighted by atomic mass is 10.0. The smallest absolute Gasteiger partial charge is 0.310 e. The summed E-state index contributed by atoms with van der Waals surface area (Å²) in [4.78, 5) is 11.9. The first-order valence-corrected chi connectivity index (χ1v) is 8.45. The number of ether oxygens (including phenoxy) is 2. The molecule has 0 unspecified atom stereocenters. The number of esters is 1. The monoisotopic (exact) mass is 314 g/mol. The summed E-state index contributed by atoms with van der Waals surface area (Å²) in [5, 5.41) is 2.22. The Morgan fingerprint density at radius 2 is 1.70 bits per heavy atom. The fourth-order valence-corrected chi connectivity index (χ4v) is 2.62. The minimum atomic E-state index is -0.145. The van der Waals surface area contributed by atoms with Gasteiger partial charge >= 0.3 is 5.97 Å². The van der Waals surface area contributed by atoms with Crippen LogP contribution < -0.4 is 4.74 Å². The van der Waals surface area contributed by atoms with Crippen molar-refractivity contribution in [2.75, 3.05) is 13.7 Å². The molecule has 2 aromatic rings. The largest absolute Gasteiger partial charge is 0.497 e. The van der Waals surface area contributed by atoms with Crippen molar-refractivity contribution in [1.82, 2.24) is 0 Å². The molecule has 0 aliphatic carbocycles. The van der Waals surface area contributed by atoms with E-state index in [1.165, 1.54) is 19.3 Å². The molecule has 0 aromatic heterocycles. The van der Waals surface area contributed by atoms with Crippen LogP contribution in [-0.4, -0.2) is 19.7 Å². The Balaban J connectivity index is 1.82. The predicted octanol–water partition coefficient (Wildman–Crippen LogP) is 4.90. The first-order chi connectivity index (χ1) is 11.2. The highest BCUT2D eigenvalue weighted by Gasteiger charge is 2.06. The number of carbonyl (C=O) groups is 1. The van der Waals surface area contributed by atoms with Crippen molar-refractivity contribution in [2.45, 2.75) is 45.4 Å². The third-order valence-corrected chi connectivity index (χ3v) is 3.97. The van der Waals surface area contributed by atoms with Gasteiger partial charge in [0, 0.05) is 0 Å². The van der Waals surface area contributed by atoms with E-state index < -0.39 is 0 Å². The predicted molar refractivity (Wildman–Crippen MR) is 93.9 cm³/mol. The molecule has 0 spiro atoms. The summed E-state index contributed by atoms with van der Waals surface area (Å²) in [6.07, 6.45) is 6.14. The highest BCUT2D eigenvalue weighted by atomic mass is 16.5. The highest BCUT2D eigenvalue weighted by molar-refractivity contribution is 5.85. The van der Waals surface area contributed by atoms with Crippen molar-refractivity contribution in [3.63, 3.8) is 0 Å². The van der Waals surface area contributed by atoms with Gasteiger partial charge in [0.2, 0.25) is 0 Å². The van der Waals surface area contributed by atoms with Crippen LogP contribution in [0.2, 0.25) is 0 Å². The number of unbranched alkanes of at least 4 members (excludes halogenated alkanes) is 4. The topological polar surface area (TPSA) is 35.5 Å². The van der Waals surface area contributed by atoms with Crippen LogP contribution >= 0.6 is 0 Å². The standard InChI is InChI=1S/C20H26O3/c1-3-4-5-6-7-12-23-20(21)14-16-8-9-18-15-19(22-2)11-10-17(18)13-16/h8-11,13,15H,3-7,12,14H2,1-2H3. The normalized spacial score (nSPS) is 10.7. The van der Waals surface area contributed by atoms with Crippen molar-refractivity contribution >= 4 is 16.7 Å². The van der Waals surface area contributed by atoms with Gasteiger partial charge in [-0.15, -0.1) is 0 Å². The van der Waals surface area contributed by atoms with Crippen molar-refractivity contribution in [3.8, 4) is 5.75 Å². The molecule has 0 aliphatic rings. The molecule has 2 rings (SSSR count). The molecular weight excluding hydrogens is 288 g/mol. The SMILES string of the molecule is CCCCCCCOC(=O)Cc1ccc2cc(OC)ccc2c1. The number of hydrogen-bond donors (Lipinski definition) is 0. The summed E-state index contributed by atoms with van der Waals surface area (Å²) in [6, 6.07) is 12.0. The van der Waals surface area contributed by atoms with E-state index in [4.69, 9.17) is 9.47 Å². The van der Waals surface area contributed by atoms with Gasteiger partial charge in [-0.3, -0.25) is 4.79 Å². The summed E-state index contributed by atoms with van der Waals surface area (Å²) in [5.74, 6) is 0.695. The van der Waals surface area contributed by atoms with Crippen molar-refractivity contribution in [3.05, 3.63) is 42.0 Å². The molecule has 0 aliphatic heterocycles. The number of carbonyl (C=O) groups excluding carboxylic acids is 1. The average molecular weight is 314 g/mol. The van der Waals surface area contributed by atoms with Gasteiger partial charge in [0.05, 0.1) is 20.1 Å². The van der Waals surface area contributed by atoms with Gasteiger partial charge in [-0.05, 0) is 34.9 Å². The molecule has 2 aromatic carbocycles. The van der Waals surface area contributed by atoms with Gasteiger partial charge in [-0.1, -0.05) is 56.9 Å². The molecule has 23 heavy (non-hydrogen) atoms.